The van der Waals surface area contributed by atoms with Gasteiger partial charge in [0, 0.05) is 19.1 Å². The number of rotatable bonds is 7. The summed E-state index contributed by atoms with van der Waals surface area (Å²) < 4.78 is 5.15. The Kier molecular flexibility index (Phi) is 6.24. The van der Waals surface area contributed by atoms with Gasteiger partial charge >= 0.3 is 12.0 Å². The first-order valence-electron chi connectivity index (χ1n) is 6.06. The molecule has 1 heterocycles. The summed E-state index contributed by atoms with van der Waals surface area (Å²) in [6, 6.07) is 1.34. The van der Waals surface area contributed by atoms with E-state index in [0.29, 0.717) is 18.2 Å². The molecule has 0 saturated heterocycles. The second-order valence-corrected chi connectivity index (χ2v) is 3.82. The number of aliphatic hydroxyl groups excluding tert-OH is 1. The number of pyridine rings is 1. The van der Waals surface area contributed by atoms with Crippen LogP contribution in [0.1, 0.15) is 13.3 Å². The lowest BCUT2D eigenvalue weighted by molar-refractivity contribution is -0.139. The van der Waals surface area contributed by atoms with Crippen LogP contribution in [0.3, 0.4) is 0 Å². The van der Waals surface area contributed by atoms with Crippen molar-refractivity contribution < 1.29 is 24.5 Å². The fourth-order valence-corrected chi connectivity index (χ4v) is 1.40. The summed E-state index contributed by atoms with van der Waals surface area (Å²) in [6.07, 6.45) is 1.33. The largest absolute Gasteiger partial charge is 0.480 e. The molecule has 0 bridgehead atoms. The molecule has 2 amide bonds. The van der Waals surface area contributed by atoms with Gasteiger partial charge in [0.15, 0.2) is 0 Å². The van der Waals surface area contributed by atoms with Crippen LogP contribution >= 0.6 is 0 Å². The normalized spacial score (nSPS) is 11.5. The number of carbonyl (C=O) groups is 2. The number of hydrogen-bond donors (Lipinski definition) is 4. The quantitative estimate of drug-likeness (QED) is 0.576. The third-order valence-electron chi connectivity index (χ3n) is 2.31. The average Bonchev–Trinajstić information content (AvgIpc) is 2.40. The van der Waals surface area contributed by atoms with Gasteiger partial charge in [-0.05, 0) is 13.0 Å². The molecular formula is C12H17N3O5. The first-order valence-corrected chi connectivity index (χ1v) is 6.06. The molecule has 0 aliphatic carbocycles. The minimum absolute atomic E-state index is 0.0652. The van der Waals surface area contributed by atoms with Crippen molar-refractivity contribution in [1.29, 1.82) is 0 Å². The van der Waals surface area contributed by atoms with Gasteiger partial charge in [-0.25, -0.2) is 14.6 Å². The lowest BCUT2D eigenvalue weighted by atomic mass is 10.2. The molecule has 0 fully saturated rings. The number of carbonyl (C=O) groups excluding carboxylic acids is 1. The molecule has 0 saturated carbocycles. The summed E-state index contributed by atoms with van der Waals surface area (Å²) >= 11 is 0. The Morgan fingerprint density at radius 1 is 1.45 bits per heavy atom. The number of aliphatic hydroxyl groups is 1. The summed E-state index contributed by atoms with van der Waals surface area (Å²) in [4.78, 5) is 26.3. The number of anilines is 1. The number of aromatic nitrogens is 1. The zero-order valence-electron chi connectivity index (χ0n) is 11.0. The first-order chi connectivity index (χ1) is 9.56. The third-order valence-corrected chi connectivity index (χ3v) is 2.31. The molecule has 1 aromatic rings. The SMILES string of the molecule is CCOc1ccc(NC(=O)N[C@@H](CCO)C(=O)O)cn1. The van der Waals surface area contributed by atoms with Crippen molar-refractivity contribution in [2.24, 2.45) is 0 Å². The Hall–Kier alpha value is -2.35. The van der Waals surface area contributed by atoms with E-state index in [1.54, 1.807) is 12.1 Å². The molecule has 8 nitrogen and oxygen atoms in total. The Labute approximate surface area is 115 Å². The second kappa shape index (κ2) is 7.95. The second-order valence-electron chi connectivity index (χ2n) is 3.82. The highest BCUT2D eigenvalue weighted by Crippen LogP contribution is 2.11. The molecule has 0 unspecified atom stereocenters. The van der Waals surface area contributed by atoms with Gasteiger partial charge < -0.3 is 25.6 Å². The van der Waals surface area contributed by atoms with Crippen molar-refractivity contribution in [2.45, 2.75) is 19.4 Å². The number of carboxylic acid groups (broad SMARTS) is 1. The average molecular weight is 283 g/mol. The summed E-state index contributed by atoms with van der Waals surface area (Å²) in [5.74, 6) is -0.777. The Balaban J connectivity index is 2.54. The van der Waals surface area contributed by atoms with Crippen LogP contribution in [-0.4, -0.2) is 46.5 Å². The highest BCUT2D eigenvalue weighted by atomic mass is 16.5. The minimum Gasteiger partial charge on any atom is -0.480 e. The van der Waals surface area contributed by atoms with Crippen LogP contribution in [0.5, 0.6) is 5.88 Å². The van der Waals surface area contributed by atoms with Gasteiger partial charge in [-0.1, -0.05) is 0 Å². The highest BCUT2D eigenvalue weighted by molar-refractivity contribution is 5.92. The van der Waals surface area contributed by atoms with Gasteiger partial charge in [-0.2, -0.15) is 0 Å². The Morgan fingerprint density at radius 2 is 2.20 bits per heavy atom. The number of urea groups is 1. The molecule has 0 aromatic carbocycles. The van der Waals surface area contributed by atoms with Gasteiger partial charge in [-0.3, -0.25) is 0 Å². The molecule has 1 aromatic heterocycles. The van der Waals surface area contributed by atoms with E-state index in [-0.39, 0.29) is 13.0 Å². The van der Waals surface area contributed by atoms with Crippen LogP contribution < -0.4 is 15.4 Å². The summed E-state index contributed by atoms with van der Waals surface area (Å²) in [5.41, 5.74) is 0.402. The highest BCUT2D eigenvalue weighted by Gasteiger charge is 2.19. The molecule has 8 heteroatoms. The van der Waals surface area contributed by atoms with Crippen molar-refractivity contribution in [3.63, 3.8) is 0 Å². The molecule has 0 radical (unpaired) electrons. The van der Waals surface area contributed by atoms with E-state index >= 15 is 0 Å². The fraction of sp³-hybridized carbons (Fsp3) is 0.417. The van der Waals surface area contributed by atoms with E-state index in [1.165, 1.54) is 6.20 Å². The molecule has 4 N–H and O–H groups in total. The maximum absolute atomic E-state index is 11.6. The van der Waals surface area contributed by atoms with Crippen molar-refractivity contribution in [2.75, 3.05) is 18.5 Å². The number of aliphatic carboxylic acids is 1. The maximum Gasteiger partial charge on any atom is 0.326 e. The van der Waals surface area contributed by atoms with Crippen LogP contribution in [0.4, 0.5) is 10.5 Å². The lowest BCUT2D eigenvalue weighted by Crippen LogP contribution is -2.43. The van der Waals surface area contributed by atoms with Crippen LogP contribution in [-0.2, 0) is 4.79 Å². The zero-order valence-corrected chi connectivity index (χ0v) is 11.0. The molecule has 110 valence electrons. The van der Waals surface area contributed by atoms with E-state index in [1.807, 2.05) is 6.92 Å². The lowest BCUT2D eigenvalue weighted by Gasteiger charge is -2.14. The van der Waals surface area contributed by atoms with Crippen LogP contribution in [0, 0.1) is 0 Å². The molecule has 0 spiro atoms. The van der Waals surface area contributed by atoms with Crippen molar-refractivity contribution in [3.8, 4) is 5.88 Å². The zero-order chi connectivity index (χ0) is 15.0. The number of hydrogen-bond acceptors (Lipinski definition) is 5. The van der Waals surface area contributed by atoms with Gasteiger partial charge in [0.1, 0.15) is 6.04 Å². The van der Waals surface area contributed by atoms with E-state index in [2.05, 4.69) is 15.6 Å². The van der Waals surface area contributed by atoms with Crippen LogP contribution in [0.15, 0.2) is 18.3 Å². The third kappa shape index (κ3) is 5.11. The van der Waals surface area contributed by atoms with Crippen molar-refractivity contribution in [1.82, 2.24) is 10.3 Å². The van der Waals surface area contributed by atoms with Crippen LogP contribution in [0.2, 0.25) is 0 Å². The monoisotopic (exact) mass is 283 g/mol. The predicted octanol–water partition coefficient (Wildman–Crippen LogP) is 0.437. The minimum atomic E-state index is -1.21. The smallest absolute Gasteiger partial charge is 0.326 e. The molecule has 0 aliphatic heterocycles. The molecule has 20 heavy (non-hydrogen) atoms. The molecule has 0 aliphatic rings. The van der Waals surface area contributed by atoms with Crippen LogP contribution in [0.25, 0.3) is 0 Å². The molecular weight excluding hydrogens is 266 g/mol. The van der Waals surface area contributed by atoms with Crippen molar-refractivity contribution >= 4 is 17.7 Å². The van der Waals surface area contributed by atoms with E-state index < -0.39 is 18.0 Å². The first kappa shape index (κ1) is 15.7. The summed E-state index contributed by atoms with van der Waals surface area (Å²) in [6.45, 7) is 1.98. The fourth-order valence-electron chi connectivity index (χ4n) is 1.40. The Bertz CT molecular complexity index is 449. The number of ether oxygens (including phenoxy) is 1. The van der Waals surface area contributed by atoms with Gasteiger partial charge in [0.05, 0.1) is 18.5 Å². The standard InChI is InChI=1S/C12H17N3O5/c1-2-20-10-4-3-8(7-13-10)14-12(19)15-9(5-6-16)11(17)18/h3-4,7,9,16H,2,5-6H2,1H3,(H,17,18)(H2,14,15,19)/t9-/m0/s1. The molecule has 1 atom stereocenters. The van der Waals surface area contributed by atoms with E-state index in [4.69, 9.17) is 14.9 Å². The summed E-state index contributed by atoms with van der Waals surface area (Å²) in [7, 11) is 0. The van der Waals surface area contributed by atoms with E-state index in [0.717, 1.165) is 0 Å². The Morgan fingerprint density at radius 3 is 2.70 bits per heavy atom. The van der Waals surface area contributed by atoms with Gasteiger partial charge in [-0.15, -0.1) is 0 Å². The maximum atomic E-state index is 11.6. The predicted molar refractivity (Wildman–Crippen MR) is 70.7 cm³/mol. The number of carboxylic acids is 1. The number of nitrogens with zero attached hydrogens (tertiary/aromatic N) is 1. The topological polar surface area (TPSA) is 121 Å². The number of amides is 2. The van der Waals surface area contributed by atoms with Gasteiger partial charge in [0.25, 0.3) is 0 Å². The van der Waals surface area contributed by atoms with E-state index in [9.17, 15) is 9.59 Å². The number of nitrogens with one attached hydrogen (secondary N) is 2. The van der Waals surface area contributed by atoms with Gasteiger partial charge in [0.2, 0.25) is 5.88 Å². The summed E-state index contributed by atoms with van der Waals surface area (Å²) in [5, 5.41) is 22.2. The van der Waals surface area contributed by atoms with Crippen molar-refractivity contribution in [3.05, 3.63) is 18.3 Å². The molecule has 1 rings (SSSR count).